The third-order valence-corrected chi connectivity index (χ3v) is 1.56. The number of oxime groups is 1. The number of benzene rings is 1. The average Bonchev–Trinajstić information content (AvgIpc) is 2.19. The summed E-state index contributed by atoms with van der Waals surface area (Å²) in [6.07, 6.45) is 1.82. The van der Waals surface area contributed by atoms with Crippen LogP contribution in [0.15, 0.2) is 29.4 Å². The predicted molar refractivity (Wildman–Crippen MR) is 54.4 cm³/mol. The van der Waals surface area contributed by atoms with Crippen molar-refractivity contribution in [2.75, 3.05) is 6.61 Å². The van der Waals surface area contributed by atoms with Crippen molar-refractivity contribution < 1.29 is 10.3 Å². The summed E-state index contributed by atoms with van der Waals surface area (Å²) >= 11 is 0. The molecule has 0 aliphatic rings. The molecule has 0 fully saturated rings. The Morgan fingerprint density at radius 1 is 1.43 bits per heavy atom. The van der Waals surface area contributed by atoms with E-state index in [-0.39, 0.29) is 6.61 Å². The van der Waals surface area contributed by atoms with Gasteiger partial charge in [-0.3, -0.25) is 0 Å². The highest BCUT2D eigenvalue weighted by atomic mass is 16.4. The van der Waals surface area contributed by atoms with E-state index in [0.717, 1.165) is 11.1 Å². The number of hydrogen-bond acceptors (Lipinski definition) is 3. The van der Waals surface area contributed by atoms with E-state index < -0.39 is 0 Å². The summed E-state index contributed by atoms with van der Waals surface area (Å²) < 4.78 is 0. The lowest BCUT2D eigenvalue weighted by Crippen LogP contribution is -1.83. The number of aliphatic hydroxyl groups excluding tert-OH is 1. The number of hydrogen-bond donors (Lipinski definition) is 2. The highest BCUT2D eigenvalue weighted by molar-refractivity contribution is 5.79. The summed E-state index contributed by atoms with van der Waals surface area (Å²) in [5, 5.41) is 19.8. The molecule has 0 saturated carbocycles. The monoisotopic (exact) mass is 189 g/mol. The molecule has 0 heterocycles. The van der Waals surface area contributed by atoms with Crippen molar-refractivity contribution in [3.8, 4) is 11.8 Å². The highest BCUT2D eigenvalue weighted by Crippen LogP contribution is 2.01. The summed E-state index contributed by atoms with van der Waals surface area (Å²) in [7, 11) is 0. The van der Waals surface area contributed by atoms with E-state index in [1.807, 2.05) is 24.3 Å². The Balaban J connectivity index is 2.79. The van der Waals surface area contributed by atoms with E-state index in [1.54, 1.807) is 0 Å². The first-order valence-corrected chi connectivity index (χ1v) is 4.24. The summed E-state index contributed by atoms with van der Waals surface area (Å²) in [6, 6.07) is 7.32. The Hall–Kier alpha value is -1.79. The van der Waals surface area contributed by atoms with Crippen molar-refractivity contribution in [1.29, 1.82) is 0 Å². The van der Waals surface area contributed by atoms with Gasteiger partial charge in [-0.15, -0.1) is 0 Å². The van der Waals surface area contributed by atoms with Gasteiger partial charge < -0.3 is 10.3 Å². The first-order valence-electron chi connectivity index (χ1n) is 4.24. The molecule has 2 N–H and O–H groups in total. The normalized spacial score (nSPS) is 9.79. The van der Waals surface area contributed by atoms with Gasteiger partial charge in [-0.2, -0.15) is 0 Å². The predicted octanol–water partition coefficient (Wildman–Crippen LogP) is 1.23. The van der Waals surface area contributed by atoms with Gasteiger partial charge in [-0.05, 0) is 17.7 Å². The molecular weight excluding hydrogens is 178 g/mol. The van der Waals surface area contributed by atoms with E-state index in [4.69, 9.17) is 10.3 Å². The Bertz CT molecular complexity index is 374. The van der Waals surface area contributed by atoms with Gasteiger partial charge in [-0.1, -0.05) is 29.1 Å². The molecule has 3 heteroatoms. The van der Waals surface area contributed by atoms with E-state index in [0.29, 0.717) is 6.42 Å². The zero-order valence-corrected chi connectivity index (χ0v) is 7.64. The van der Waals surface area contributed by atoms with Crippen LogP contribution in [0, 0.1) is 11.8 Å². The van der Waals surface area contributed by atoms with Crippen molar-refractivity contribution in [3.63, 3.8) is 0 Å². The lowest BCUT2D eigenvalue weighted by molar-refractivity contribution is 0.305. The van der Waals surface area contributed by atoms with E-state index in [1.165, 1.54) is 6.21 Å². The molecule has 0 aliphatic carbocycles. The number of rotatable bonds is 2. The Kier molecular flexibility index (Phi) is 4.25. The maximum atomic E-state index is 8.53. The molecule has 1 aromatic rings. The molecule has 0 saturated heterocycles. The molecule has 72 valence electrons. The van der Waals surface area contributed by atoms with Gasteiger partial charge >= 0.3 is 0 Å². The zero-order valence-electron chi connectivity index (χ0n) is 7.64. The average molecular weight is 189 g/mol. The minimum atomic E-state index is 0.0742. The standard InChI is InChI=1S/C11H11NO2/c13-7-2-1-4-10-5-3-6-11(8-10)9-12-14/h3,5-6,8-9,13-14H,2,7H2. The first-order chi connectivity index (χ1) is 6.86. The summed E-state index contributed by atoms with van der Waals surface area (Å²) in [6.45, 7) is 0.0742. The van der Waals surface area contributed by atoms with Crippen LogP contribution in [-0.4, -0.2) is 23.1 Å². The SMILES string of the molecule is OCCC#Cc1cccc(C=NO)c1. The number of nitrogens with zero attached hydrogens (tertiary/aromatic N) is 1. The topological polar surface area (TPSA) is 52.8 Å². The largest absolute Gasteiger partial charge is 0.411 e. The third kappa shape index (κ3) is 3.30. The molecule has 1 rings (SSSR count). The summed E-state index contributed by atoms with van der Waals surface area (Å²) in [5.74, 6) is 5.70. The molecule has 0 bridgehead atoms. The minimum absolute atomic E-state index is 0.0742. The maximum absolute atomic E-state index is 8.53. The fourth-order valence-corrected chi connectivity index (χ4v) is 0.984. The fraction of sp³-hybridized carbons (Fsp3) is 0.182. The van der Waals surface area contributed by atoms with Crippen LogP contribution in [0.2, 0.25) is 0 Å². The Labute approximate surface area is 82.7 Å². The zero-order chi connectivity index (χ0) is 10.2. The molecule has 0 amide bonds. The number of aliphatic hydroxyl groups is 1. The maximum Gasteiger partial charge on any atom is 0.0734 e. The lowest BCUT2D eigenvalue weighted by Gasteiger charge is -1.92. The van der Waals surface area contributed by atoms with Crippen LogP contribution in [0.3, 0.4) is 0 Å². The highest BCUT2D eigenvalue weighted by Gasteiger charge is 1.89. The van der Waals surface area contributed by atoms with Gasteiger partial charge in [0.25, 0.3) is 0 Å². The summed E-state index contributed by atoms with van der Waals surface area (Å²) in [5.41, 5.74) is 1.64. The van der Waals surface area contributed by atoms with E-state index >= 15 is 0 Å². The smallest absolute Gasteiger partial charge is 0.0734 e. The molecule has 0 unspecified atom stereocenters. The van der Waals surface area contributed by atoms with Crippen molar-refractivity contribution in [1.82, 2.24) is 0 Å². The van der Waals surface area contributed by atoms with Crippen LogP contribution >= 0.6 is 0 Å². The molecule has 0 radical (unpaired) electrons. The van der Waals surface area contributed by atoms with Crippen LogP contribution in [0.5, 0.6) is 0 Å². The molecule has 1 aromatic carbocycles. The van der Waals surface area contributed by atoms with Gasteiger partial charge in [0.2, 0.25) is 0 Å². The lowest BCUT2D eigenvalue weighted by atomic mass is 10.1. The Morgan fingerprint density at radius 3 is 3.00 bits per heavy atom. The van der Waals surface area contributed by atoms with Gasteiger partial charge in [-0.25, -0.2) is 0 Å². The molecule has 0 aliphatic heterocycles. The van der Waals surface area contributed by atoms with Crippen molar-refractivity contribution in [2.24, 2.45) is 5.16 Å². The second kappa shape index (κ2) is 5.79. The molecule has 0 atom stereocenters. The summed E-state index contributed by atoms with van der Waals surface area (Å²) in [4.78, 5) is 0. The molecule has 14 heavy (non-hydrogen) atoms. The van der Waals surface area contributed by atoms with Crippen LogP contribution in [0.25, 0.3) is 0 Å². The second-order valence-corrected chi connectivity index (χ2v) is 2.65. The van der Waals surface area contributed by atoms with Crippen LogP contribution in [-0.2, 0) is 0 Å². The van der Waals surface area contributed by atoms with Crippen molar-refractivity contribution in [2.45, 2.75) is 6.42 Å². The molecule has 3 nitrogen and oxygen atoms in total. The molecule has 0 aromatic heterocycles. The minimum Gasteiger partial charge on any atom is -0.411 e. The van der Waals surface area contributed by atoms with E-state index in [9.17, 15) is 0 Å². The van der Waals surface area contributed by atoms with Gasteiger partial charge in [0, 0.05) is 12.0 Å². The second-order valence-electron chi connectivity index (χ2n) is 2.65. The van der Waals surface area contributed by atoms with Crippen molar-refractivity contribution in [3.05, 3.63) is 35.4 Å². The van der Waals surface area contributed by atoms with Gasteiger partial charge in [0.1, 0.15) is 0 Å². The molecule has 0 spiro atoms. The Morgan fingerprint density at radius 2 is 2.29 bits per heavy atom. The van der Waals surface area contributed by atoms with E-state index in [2.05, 4.69) is 17.0 Å². The van der Waals surface area contributed by atoms with Crippen LogP contribution in [0.1, 0.15) is 17.5 Å². The first kappa shape index (κ1) is 10.3. The van der Waals surface area contributed by atoms with Gasteiger partial charge in [0.05, 0.1) is 12.8 Å². The van der Waals surface area contributed by atoms with Gasteiger partial charge in [0.15, 0.2) is 0 Å². The molecular formula is C11H11NO2. The van der Waals surface area contributed by atoms with Crippen LogP contribution in [0.4, 0.5) is 0 Å². The fourth-order valence-electron chi connectivity index (χ4n) is 0.984. The van der Waals surface area contributed by atoms with Crippen molar-refractivity contribution >= 4 is 6.21 Å². The van der Waals surface area contributed by atoms with Crippen LogP contribution < -0.4 is 0 Å². The quantitative estimate of drug-likeness (QED) is 0.318. The third-order valence-electron chi connectivity index (χ3n) is 1.56.